The van der Waals surface area contributed by atoms with Crippen LogP contribution in [0.25, 0.3) is 28.0 Å². The number of aryl methyl sites for hydroxylation is 3. The molecule has 0 fully saturated rings. The lowest BCUT2D eigenvalue weighted by Crippen LogP contribution is -2.15. The van der Waals surface area contributed by atoms with E-state index in [1.54, 1.807) is 12.1 Å². The Labute approximate surface area is 220 Å². The number of aromatic nitrogens is 2. The number of carbonyl (C=O) groups excluding carboxylic acids is 1. The van der Waals surface area contributed by atoms with Crippen molar-refractivity contribution < 1.29 is 4.79 Å². The lowest BCUT2D eigenvalue weighted by molar-refractivity contribution is 0.102. The molecule has 3 heterocycles. The molecular formula is C30H25Cl2N3O. The lowest BCUT2D eigenvalue weighted by atomic mass is 9.97. The number of benzene rings is 3. The number of carbonyl (C=O) groups is 1. The highest BCUT2D eigenvalue weighted by Crippen LogP contribution is 2.40. The highest BCUT2D eigenvalue weighted by atomic mass is 35.5. The highest BCUT2D eigenvalue weighted by molar-refractivity contribution is 6.31. The number of nitrogens with zero attached hydrogens (tertiary/aromatic N) is 2. The standard InChI is InChI=1S/C30H25Cl2N3O/c1-19-5-7-21(8-6-19)27-25-4-2-3-17-34-26(20-9-11-22(31)12-10-20)18-35(30(25)34)28(27)29(36)33-24-15-13-23(32)14-16-24/h5-16,18H,2-4,17H2,1H3,(H,33,36). The molecule has 1 aliphatic heterocycles. The van der Waals surface area contributed by atoms with E-state index in [1.807, 2.05) is 36.4 Å². The quantitative estimate of drug-likeness (QED) is 0.258. The first-order valence-electron chi connectivity index (χ1n) is 12.2. The number of halogens is 2. The van der Waals surface area contributed by atoms with Gasteiger partial charge in [0.25, 0.3) is 5.91 Å². The molecule has 3 aromatic carbocycles. The van der Waals surface area contributed by atoms with Crippen molar-refractivity contribution in [3.8, 4) is 22.4 Å². The van der Waals surface area contributed by atoms with Crippen LogP contribution in [-0.4, -0.2) is 14.9 Å². The predicted molar refractivity (Wildman–Crippen MR) is 148 cm³/mol. The van der Waals surface area contributed by atoms with Gasteiger partial charge in [0, 0.05) is 39.6 Å². The Hall–Kier alpha value is -3.47. The summed E-state index contributed by atoms with van der Waals surface area (Å²) in [6.07, 6.45) is 5.17. The Balaban J connectivity index is 1.60. The van der Waals surface area contributed by atoms with Crippen molar-refractivity contribution >= 4 is 40.4 Å². The number of amides is 1. The summed E-state index contributed by atoms with van der Waals surface area (Å²) in [5.41, 5.74) is 9.09. The van der Waals surface area contributed by atoms with Gasteiger partial charge in [-0.3, -0.25) is 9.20 Å². The topological polar surface area (TPSA) is 38.4 Å². The minimum absolute atomic E-state index is 0.144. The Kier molecular flexibility index (Phi) is 5.87. The van der Waals surface area contributed by atoms with Crippen LogP contribution in [-0.2, 0) is 13.0 Å². The summed E-state index contributed by atoms with van der Waals surface area (Å²) in [5.74, 6) is -0.144. The van der Waals surface area contributed by atoms with Crippen molar-refractivity contribution in [1.29, 1.82) is 0 Å². The van der Waals surface area contributed by atoms with Crippen LogP contribution < -0.4 is 5.32 Å². The zero-order valence-corrected chi connectivity index (χ0v) is 21.4. The zero-order valence-electron chi connectivity index (χ0n) is 19.9. The Morgan fingerprint density at radius 2 is 1.47 bits per heavy atom. The molecule has 180 valence electrons. The molecule has 0 spiro atoms. The van der Waals surface area contributed by atoms with E-state index in [4.69, 9.17) is 23.2 Å². The van der Waals surface area contributed by atoms with E-state index in [-0.39, 0.29) is 5.91 Å². The first kappa shape index (κ1) is 23.0. The van der Waals surface area contributed by atoms with E-state index in [9.17, 15) is 4.79 Å². The smallest absolute Gasteiger partial charge is 0.273 e. The van der Waals surface area contributed by atoms with Gasteiger partial charge in [-0.05, 0) is 73.7 Å². The van der Waals surface area contributed by atoms with E-state index < -0.39 is 0 Å². The lowest BCUT2D eigenvalue weighted by Gasteiger charge is -2.11. The van der Waals surface area contributed by atoms with Crippen LogP contribution in [0.5, 0.6) is 0 Å². The molecule has 0 radical (unpaired) electrons. The minimum Gasteiger partial charge on any atom is -0.325 e. The van der Waals surface area contributed by atoms with Gasteiger partial charge in [-0.15, -0.1) is 0 Å². The summed E-state index contributed by atoms with van der Waals surface area (Å²) < 4.78 is 4.45. The van der Waals surface area contributed by atoms with Crippen molar-refractivity contribution in [2.24, 2.45) is 0 Å². The van der Waals surface area contributed by atoms with Crippen LogP contribution in [0.15, 0.2) is 79.0 Å². The minimum atomic E-state index is -0.144. The maximum absolute atomic E-state index is 13.9. The summed E-state index contributed by atoms with van der Waals surface area (Å²) >= 11 is 12.2. The normalized spacial score (nSPS) is 13.1. The third kappa shape index (κ3) is 4.01. The second-order valence-corrected chi connectivity index (χ2v) is 10.2. The average molecular weight is 514 g/mol. The predicted octanol–water partition coefficient (Wildman–Crippen LogP) is 8.28. The van der Waals surface area contributed by atoms with Crippen LogP contribution in [0, 0.1) is 6.92 Å². The summed E-state index contributed by atoms with van der Waals surface area (Å²) in [6, 6.07) is 23.6. The SMILES string of the molecule is Cc1ccc(-c2c3c4n(c(-c5ccc(Cl)cc5)cn4c2C(=O)Nc2ccc(Cl)cc2)CCCC3)cc1. The number of imidazole rings is 1. The van der Waals surface area contributed by atoms with Gasteiger partial charge >= 0.3 is 0 Å². The highest BCUT2D eigenvalue weighted by Gasteiger charge is 2.29. The maximum Gasteiger partial charge on any atom is 0.273 e. The molecule has 1 amide bonds. The molecule has 0 aliphatic carbocycles. The van der Waals surface area contributed by atoms with Gasteiger partial charge < -0.3 is 9.88 Å². The van der Waals surface area contributed by atoms with E-state index in [1.165, 1.54) is 11.1 Å². The molecular weight excluding hydrogens is 489 g/mol. The number of anilines is 1. The molecule has 6 rings (SSSR count). The maximum atomic E-state index is 13.9. The molecule has 0 saturated heterocycles. The number of hydrogen-bond acceptors (Lipinski definition) is 1. The largest absolute Gasteiger partial charge is 0.325 e. The number of hydrogen-bond donors (Lipinski definition) is 1. The van der Waals surface area contributed by atoms with E-state index in [0.29, 0.717) is 21.4 Å². The van der Waals surface area contributed by atoms with E-state index in [0.717, 1.165) is 53.8 Å². The van der Waals surface area contributed by atoms with Gasteiger partial charge in [-0.25, -0.2) is 0 Å². The molecule has 0 bridgehead atoms. The second-order valence-electron chi connectivity index (χ2n) is 9.35. The monoisotopic (exact) mass is 513 g/mol. The first-order valence-corrected chi connectivity index (χ1v) is 12.9. The zero-order chi connectivity index (χ0) is 24.8. The van der Waals surface area contributed by atoms with Gasteiger partial charge in [0.05, 0.1) is 5.69 Å². The van der Waals surface area contributed by atoms with Gasteiger partial charge in [0.15, 0.2) is 0 Å². The van der Waals surface area contributed by atoms with Gasteiger partial charge in [-0.2, -0.15) is 0 Å². The molecule has 0 unspecified atom stereocenters. The molecule has 0 saturated carbocycles. The van der Waals surface area contributed by atoms with E-state index in [2.05, 4.69) is 51.7 Å². The van der Waals surface area contributed by atoms with E-state index >= 15 is 0 Å². The molecule has 1 aliphatic rings. The van der Waals surface area contributed by atoms with Crippen molar-refractivity contribution in [2.45, 2.75) is 32.7 Å². The van der Waals surface area contributed by atoms with Gasteiger partial charge in [0.2, 0.25) is 0 Å². The van der Waals surface area contributed by atoms with Crippen LogP contribution in [0.2, 0.25) is 10.0 Å². The van der Waals surface area contributed by atoms with Crippen LogP contribution in [0.1, 0.15) is 34.5 Å². The van der Waals surface area contributed by atoms with Crippen LogP contribution in [0.3, 0.4) is 0 Å². The van der Waals surface area contributed by atoms with Crippen LogP contribution >= 0.6 is 23.2 Å². The molecule has 0 atom stereocenters. The molecule has 36 heavy (non-hydrogen) atoms. The third-order valence-electron chi connectivity index (χ3n) is 6.93. The summed E-state index contributed by atoms with van der Waals surface area (Å²) in [6.45, 7) is 2.98. The number of rotatable bonds is 4. The van der Waals surface area contributed by atoms with Crippen LogP contribution in [0.4, 0.5) is 5.69 Å². The average Bonchev–Trinajstić information content (AvgIpc) is 3.29. The molecule has 5 aromatic rings. The van der Waals surface area contributed by atoms with Crippen molar-refractivity contribution in [3.05, 3.63) is 106 Å². The Morgan fingerprint density at radius 1 is 0.833 bits per heavy atom. The third-order valence-corrected chi connectivity index (χ3v) is 7.44. The van der Waals surface area contributed by atoms with Gasteiger partial charge in [0.1, 0.15) is 11.3 Å². The molecule has 6 heteroatoms. The fourth-order valence-electron chi connectivity index (χ4n) is 5.21. The molecule has 1 N–H and O–H groups in total. The van der Waals surface area contributed by atoms with Crippen molar-refractivity contribution in [2.75, 3.05) is 5.32 Å². The summed E-state index contributed by atoms with van der Waals surface area (Å²) in [7, 11) is 0. The second kappa shape index (κ2) is 9.20. The summed E-state index contributed by atoms with van der Waals surface area (Å²) in [5, 5.41) is 4.44. The fraction of sp³-hybridized carbons (Fsp3) is 0.167. The Morgan fingerprint density at radius 3 is 2.17 bits per heavy atom. The first-order chi connectivity index (χ1) is 17.5. The Bertz CT molecular complexity index is 1580. The molecule has 2 aromatic heterocycles. The van der Waals surface area contributed by atoms with Crippen molar-refractivity contribution in [1.82, 2.24) is 8.97 Å². The van der Waals surface area contributed by atoms with Crippen molar-refractivity contribution in [3.63, 3.8) is 0 Å². The fourth-order valence-corrected chi connectivity index (χ4v) is 5.47. The number of nitrogens with one attached hydrogen (secondary N) is 1. The molecule has 4 nitrogen and oxygen atoms in total. The summed E-state index contributed by atoms with van der Waals surface area (Å²) in [4.78, 5) is 13.9. The van der Waals surface area contributed by atoms with Gasteiger partial charge in [-0.1, -0.05) is 65.2 Å².